The number of allylic oxidation sites excluding steroid dienone is 2. The molecular weight excluding hydrogens is 828 g/mol. The summed E-state index contributed by atoms with van der Waals surface area (Å²) in [7, 11) is -4.75. The van der Waals surface area contributed by atoms with Gasteiger partial charge in [-0.2, -0.15) is 79.0 Å². The van der Waals surface area contributed by atoms with Gasteiger partial charge in [-0.05, 0) is 43.3 Å². The van der Waals surface area contributed by atoms with Gasteiger partial charge >= 0.3 is 54.4 Å². The third-order valence-corrected chi connectivity index (χ3v) is 6.81. The molecule has 28 heteroatoms. The topological polar surface area (TPSA) is 72.5 Å². The number of anilines is 1. The highest BCUT2D eigenvalue weighted by molar-refractivity contribution is 7.92. The smallest absolute Gasteiger partial charge is 0.423 e. The molecule has 1 N–H and O–H groups in total. The van der Waals surface area contributed by atoms with E-state index in [0.29, 0.717) is 0 Å². The Balaban J connectivity index is 0. The molecule has 1 aromatic carbocycles. The number of halogens is 22. The number of sulfonamides is 1. The van der Waals surface area contributed by atoms with Gasteiger partial charge in [-0.25, -0.2) is 30.8 Å². The first-order valence-corrected chi connectivity index (χ1v) is 14.1. The quantitative estimate of drug-likeness (QED) is 0.0884. The highest BCUT2D eigenvalue weighted by Crippen LogP contribution is 2.49. The Morgan fingerprint density at radius 1 is 0.679 bits per heavy atom. The molecule has 0 atom stereocenters. The molecule has 0 amide bonds. The Hall–Kier alpha value is -3.88. The zero-order valence-corrected chi connectivity index (χ0v) is 26.0. The van der Waals surface area contributed by atoms with Gasteiger partial charge in [0.15, 0.2) is 0 Å². The van der Waals surface area contributed by atoms with Crippen LogP contribution in [0.25, 0.3) is 0 Å². The van der Waals surface area contributed by atoms with Crippen molar-refractivity contribution in [3.63, 3.8) is 0 Å². The fraction of sp³-hybridized carbons (Fsp3) is 0.480. The average molecular weight is 847 g/mol. The summed E-state index contributed by atoms with van der Waals surface area (Å²) in [5.41, 5.74) is -16.8. The third-order valence-electron chi connectivity index (χ3n) is 5.52. The molecular formula is C25H19F22NO4S. The minimum absolute atomic E-state index is 0.0205. The van der Waals surface area contributed by atoms with Crippen molar-refractivity contribution in [2.24, 2.45) is 0 Å². The standard InChI is InChI=1S/C15H14F7NO4S.C5H2F8.C5H3F7/c1-9(2)12(24)27-11-5-3-10(4-6-11)23-28(25,26)8-7-13(16,14(17,18)19)15(20,21)22;6-2-1-3(7,4(8,9)10)5(11,12)13;1-2-3(6,4(7,8)9)5(10,11)12/h3-6,23H,1,7-8H2,2H3;1-2H;2H,1H2/b;2-1-;. The third kappa shape index (κ3) is 13.5. The lowest BCUT2D eigenvalue weighted by Crippen LogP contribution is -2.54. The van der Waals surface area contributed by atoms with Crippen LogP contribution in [0.2, 0.25) is 0 Å². The van der Waals surface area contributed by atoms with Crippen LogP contribution in [-0.2, 0) is 14.8 Å². The van der Waals surface area contributed by atoms with Gasteiger partial charge in [0, 0.05) is 17.7 Å². The van der Waals surface area contributed by atoms with Crippen LogP contribution in [0.3, 0.4) is 0 Å². The highest BCUT2D eigenvalue weighted by atomic mass is 32.2. The number of esters is 1. The summed E-state index contributed by atoms with van der Waals surface area (Å²) in [4.78, 5) is 11.3. The van der Waals surface area contributed by atoms with Crippen molar-refractivity contribution >= 4 is 21.7 Å². The van der Waals surface area contributed by atoms with Crippen LogP contribution < -0.4 is 9.46 Å². The Morgan fingerprint density at radius 3 is 1.26 bits per heavy atom. The lowest BCUT2D eigenvalue weighted by atomic mass is 10.0. The minimum Gasteiger partial charge on any atom is -0.423 e. The maximum atomic E-state index is 13.5. The molecule has 1 aromatic rings. The molecule has 0 saturated heterocycles. The van der Waals surface area contributed by atoms with Crippen molar-refractivity contribution in [1.29, 1.82) is 0 Å². The number of benzene rings is 1. The molecule has 0 unspecified atom stereocenters. The molecule has 0 bridgehead atoms. The molecule has 53 heavy (non-hydrogen) atoms. The van der Waals surface area contributed by atoms with Crippen LogP contribution in [0, 0.1) is 0 Å². The molecule has 0 spiro atoms. The molecule has 5 nitrogen and oxygen atoms in total. The van der Waals surface area contributed by atoms with E-state index < -0.39 is 101 Å². The van der Waals surface area contributed by atoms with Crippen molar-refractivity contribution in [2.75, 3.05) is 10.5 Å². The maximum absolute atomic E-state index is 13.5. The SMILES string of the molecule is C=C(C)C(=O)Oc1ccc(NS(=O)(=O)CCC(F)(C(F)(F)F)C(F)(F)F)cc1.C=CC(F)(C(F)(F)F)C(F)(F)F.F/C=C\C(F)(C(F)(F)F)C(F)(F)F. The number of hydrogen-bond acceptors (Lipinski definition) is 4. The van der Waals surface area contributed by atoms with Crippen molar-refractivity contribution < 1.29 is 115 Å². The predicted molar refractivity (Wildman–Crippen MR) is 137 cm³/mol. The van der Waals surface area contributed by atoms with Gasteiger partial charge in [-0.3, -0.25) is 4.72 Å². The summed E-state index contributed by atoms with van der Waals surface area (Å²) >= 11 is 0. The van der Waals surface area contributed by atoms with Gasteiger partial charge in [0.05, 0.1) is 12.1 Å². The molecule has 0 aliphatic carbocycles. The summed E-state index contributed by atoms with van der Waals surface area (Å²) in [6.07, 6.45) is -42.7. The Morgan fingerprint density at radius 2 is 1.04 bits per heavy atom. The number of ether oxygens (including phenoxy) is 1. The number of carbonyl (C=O) groups is 1. The minimum atomic E-state index is -6.34. The number of carbonyl (C=O) groups excluding carboxylic acids is 1. The van der Waals surface area contributed by atoms with Gasteiger partial charge in [0.1, 0.15) is 5.75 Å². The molecule has 0 fully saturated rings. The van der Waals surface area contributed by atoms with E-state index in [-0.39, 0.29) is 17.0 Å². The summed E-state index contributed by atoms with van der Waals surface area (Å²) in [6.45, 7) is 6.86. The van der Waals surface area contributed by atoms with Crippen LogP contribution in [0.5, 0.6) is 5.75 Å². The van der Waals surface area contributed by atoms with E-state index in [4.69, 9.17) is 4.74 Å². The average Bonchev–Trinajstić information content (AvgIpc) is 2.93. The lowest BCUT2D eigenvalue weighted by Gasteiger charge is -2.29. The number of nitrogens with one attached hydrogen (secondary N) is 1. The van der Waals surface area contributed by atoms with E-state index in [1.54, 1.807) is 4.72 Å². The fourth-order valence-corrected chi connectivity index (χ4v) is 3.71. The molecule has 1 rings (SSSR count). The summed E-state index contributed by atoms with van der Waals surface area (Å²) < 4.78 is 291. The van der Waals surface area contributed by atoms with E-state index >= 15 is 0 Å². The molecule has 0 heterocycles. The second-order valence-electron chi connectivity index (χ2n) is 9.57. The number of alkyl halides is 21. The first-order valence-electron chi connectivity index (χ1n) is 12.5. The normalized spacial score (nSPS) is 14.0. The van der Waals surface area contributed by atoms with Gasteiger partial charge in [-0.1, -0.05) is 13.2 Å². The van der Waals surface area contributed by atoms with Crippen LogP contribution in [-0.4, -0.2) is 74.2 Å². The molecule has 0 aliphatic rings. The molecule has 0 saturated carbocycles. The van der Waals surface area contributed by atoms with Crippen molar-refractivity contribution in [2.45, 2.75) is 67.4 Å². The van der Waals surface area contributed by atoms with Crippen molar-refractivity contribution in [1.82, 2.24) is 0 Å². The van der Waals surface area contributed by atoms with Gasteiger partial charge < -0.3 is 4.74 Å². The molecule has 0 aliphatic heterocycles. The Labute approximate surface area is 282 Å². The van der Waals surface area contributed by atoms with Crippen molar-refractivity contribution in [3.8, 4) is 5.75 Å². The van der Waals surface area contributed by atoms with Crippen LogP contribution in [0.1, 0.15) is 13.3 Å². The number of rotatable bonds is 9. The second kappa shape index (κ2) is 17.1. The fourth-order valence-electron chi connectivity index (χ4n) is 2.56. The van der Waals surface area contributed by atoms with E-state index in [0.717, 1.165) is 24.3 Å². The van der Waals surface area contributed by atoms with Gasteiger partial charge in [0.2, 0.25) is 10.0 Å². The van der Waals surface area contributed by atoms with Crippen LogP contribution in [0.4, 0.5) is 102 Å². The van der Waals surface area contributed by atoms with E-state index in [9.17, 15) is 110 Å². The van der Waals surface area contributed by atoms with E-state index in [1.807, 2.05) is 0 Å². The number of hydrogen-bond donors (Lipinski definition) is 1. The highest BCUT2D eigenvalue weighted by Gasteiger charge is 2.73. The maximum Gasteiger partial charge on any atom is 0.435 e. The zero-order chi connectivity index (χ0) is 43.1. The van der Waals surface area contributed by atoms with E-state index in [2.05, 4.69) is 13.2 Å². The molecule has 0 aromatic heterocycles. The first-order chi connectivity index (χ1) is 23.1. The largest absolute Gasteiger partial charge is 0.435 e. The molecule has 308 valence electrons. The van der Waals surface area contributed by atoms with Gasteiger partial charge in [0.25, 0.3) is 5.67 Å². The Kier molecular flexibility index (Phi) is 16.5. The summed E-state index contributed by atoms with van der Waals surface area (Å²) in [6, 6.07) is 4.30. The van der Waals surface area contributed by atoms with Gasteiger partial charge in [-0.15, -0.1) is 0 Å². The lowest BCUT2D eigenvalue weighted by molar-refractivity contribution is -0.341. The Bertz CT molecular complexity index is 1470. The monoisotopic (exact) mass is 847 g/mol. The zero-order valence-electron chi connectivity index (χ0n) is 25.2. The van der Waals surface area contributed by atoms with Crippen LogP contribution >= 0.6 is 0 Å². The predicted octanol–water partition coefficient (Wildman–Crippen LogP) is 10.4. The van der Waals surface area contributed by atoms with E-state index in [1.165, 1.54) is 6.92 Å². The first kappa shape index (κ1) is 51.2. The van der Waals surface area contributed by atoms with Crippen molar-refractivity contribution in [3.05, 3.63) is 61.5 Å². The summed E-state index contributed by atoms with van der Waals surface area (Å²) in [5, 5.41) is 0. The van der Waals surface area contributed by atoms with Crippen LogP contribution in [0.15, 0.2) is 61.5 Å². The second-order valence-corrected chi connectivity index (χ2v) is 11.4. The molecule has 0 radical (unpaired) electrons. The summed E-state index contributed by atoms with van der Waals surface area (Å²) in [5.74, 6) is -2.57.